The highest BCUT2D eigenvalue weighted by molar-refractivity contribution is 5.10. The van der Waals surface area contributed by atoms with Crippen molar-refractivity contribution in [3.05, 3.63) is 18.0 Å². The lowest BCUT2D eigenvalue weighted by molar-refractivity contribution is 0.184. The van der Waals surface area contributed by atoms with Crippen LogP contribution in [0.2, 0.25) is 0 Å². The molecule has 1 unspecified atom stereocenters. The molecule has 1 atom stereocenters. The van der Waals surface area contributed by atoms with E-state index < -0.39 is 6.10 Å². The Balaban J connectivity index is 2.69. The monoisotopic (exact) mass is 164 g/mol. The van der Waals surface area contributed by atoms with Crippen LogP contribution in [-0.4, -0.2) is 14.9 Å². The normalized spacial score (nSPS) is 12.4. The second kappa shape index (κ2) is 3.93. The molecular formula is C9H12N2O. The molecule has 3 nitrogen and oxygen atoms in total. The quantitative estimate of drug-likeness (QED) is 0.676. The van der Waals surface area contributed by atoms with E-state index in [1.807, 2.05) is 13.1 Å². The Morgan fingerprint density at radius 2 is 2.58 bits per heavy atom. The van der Waals surface area contributed by atoms with Gasteiger partial charge in [0.2, 0.25) is 0 Å². The number of aromatic nitrogens is 2. The molecule has 0 saturated heterocycles. The van der Waals surface area contributed by atoms with Crippen LogP contribution in [0, 0.1) is 12.3 Å². The van der Waals surface area contributed by atoms with Gasteiger partial charge in [0.25, 0.3) is 0 Å². The maximum atomic E-state index is 9.43. The third kappa shape index (κ3) is 1.86. The van der Waals surface area contributed by atoms with Crippen LogP contribution in [0.4, 0.5) is 0 Å². The number of nitrogens with zero attached hydrogens (tertiary/aromatic N) is 2. The van der Waals surface area contributed by atoms with Gasteiger partial charge in [0, 0.05) is 24.7 Å². The van der Waals surface area contributed by atoms with Crippen LogP contribution in [0.25, 0.3) is 0 Å². The lowest BCUT2D eigenvalue weighted by Crippen LogP contribution is -1.95. The van der Waals surface area contributed by atoms with Gasteiger partial charge in [-0.05, 0) is 6.92 Å². The van der Waals surface area contributed by atoms with E-state index in [-0.39, 0.29) is 0 Å². The SMILES string of the molecule is C#CCC(O)c1cnn(CC)c1. The van der Waals surface area contributed by atoms with E-state index in [1.54, 1.807) is 10.9 Å². The van der Waals surface area contributed by atoms with Gasteiger partial charge in [-0.1, -0.05) is 0 Å². The Morgan fingerprint density at radius 1 is 1.83 bits per heavy atom. The average Bonchev–Trinajstić information content (AvgIpc) is 2.52. The van der Waals surface area contributed by atoms with Gasteiger partial charge >= 0.3 is 0 Å². The highest BCUT2D eigenvalue weighted by atomic mass is 16.3. The van der Waals surface area contributed by atoms with Gasteiger partial charge < -0.3 is 5.11 Å². The maximum Gasteiger partial charge on any atom is 0.0929 e. The fourth-order valence-corrected chi connectivity index (χ4v) is 0.954. The number of aliphatic hydroxyl groups excluding tert-OH is 1. The summed E-state index contributed by atoms with van der Waals surface area (Å²) < 4.78 is 1.76. The molecule has 0 saturated carbocycles. The predicted octanol–water partition coefficient (Wildman–Crippen LogP) is 0.960. The third-order valence-corrected chi connectivity index (χ3v) is 1.67. The van der Waals surface area contributed by atoms with Crippen molar-refractivity contribution in [2.75, 3.05) is 0 Å². The summed E-state index contributed by atoms with van der Waals surface area (Å²) in [6.07, 6.45) is 8.29. The fraction of sp³-hybridized carbons (Fsp3) is 0.444. The molecule has 0 amide bonds. The van der Waals surface area contributed by atoms with Crippen LogP contribution >= 0.6 is 0 Å². The molecule has 3 heteroatoms. The van der Waals surface area contributed by atoms with Crippen LogP contribution in [0.3, 0.4) is 0 Å². The van der Waals surface area contributed by atoms with Gasteiger partial charge in [0.05, 0.1) is 12.3 Å². The second-order valence-electron chi connectivity index (χ2n) is 2.55. The molecule has 1 aromatic rings. The van der Waals surface area contributed by atoms with Crippen LogP contribution in [0.15, 0.2) is 12.4 Å². The zero-order valence-corrected chi connectivity index (χ0v) is 7.07. The molecule has 0 fully saturated rings. The molecule has 0 aliphatic rings. The van der Waals surface area contributed by atoms with E-state index in [0.29, 0.717) is 6.42 Å². The molecule has 1 rings (SSSR count). The maximum absolute atomic E-state index is 9.43. The minimum atomic E-state index is -0.574. The van der Waals surface area contributed by atoms with Crippen molar-refractivity contribution >= 4 is 0 Å². The van der Waals surface area contributed by atoms with E-state index in [4.69, 9.17) is 6.42 Å². The first-order chi connectivity index (χ1) is 5.77. The zero-order chi connectivity index (χ0) is 8.97. The highest BCUT2D eigenvalue weighted by Crippen LogP contribution is 2.14. The van der Waals surface area contributed by atoms with Crippen LogP contribution in [0.1, 0.15) is 25.0 Å². The first kappa shape index (κ1) is 8.82. The Kier molecular flexibility index (Phi) is 2.89. The summed E-state index contributed by atoms with van der Waals surface area (Å²) >= 11 is 0. The van der Waals surface area contributed by atoms with E-state index in [0.717, 1.165) is 12.1 Å². The Hall–Kier alpha value is -1.27. The predicted molar refractivity (Wildman–Crippen MR) is 46.3 cm³/mol. The summed E-state index contributed by atoms with van der Waals surface area (Å²) in [6, 6.07) is 0. The zero-order valence-electron chi connectivity index (χ0n) is 7.07. The fourth-order valence-electron chi connectivity index (χ4n) is 0.954. The standard InChI is InChI=1S/C9H12N2O/c1-3-5-9(12)8-6-10-11(4-2)7-8/h1,6-7,9,12H,4-5H2,2H3. The van der Waals surface area contributed by atoms with Gasteiger partial charge in [-0.25, -0.2) is 0 Å². The Labute approximate surface area is 72.0 Å². The van der Waals surface area contributed by atoms with Gasteiger partial charge in [0.1, 0.15) is 0 Å². The molecule has 0 aromatic carbocycles. The lowest BCUT2D eigenvalue weighted by atomic mass is 10.1. The largest absolute Gasteiger partial charge is 0.387 e. The summed E-state index contributed by atoms with van der Waals surface area (Å²) in [5.41, 5.74) is 0.787. The van der Waals surface area contributed by atoms with Crippen molar-refractivity contribution in [3.63, 3.8) is 0 Å². The number of rotatable bonds is 3. The summed E-state index contributed by atoms with van der Waals surface area (Å²) in [7, 11) is 0. The van der Waals surface area contributed by atoms with Gasteiger partial charge in [-0.3, -0.25) is 4.68 Å². The van der Waals surface area contributed by atoms with Crippen molar-refractivity contribution in [1.29, 1.82) is 0 Å². The molecular weight excluding hydrogens is 152 g/mol. The molecule has 12 heavy (non-hydrogen) atoms. The van der Waals surface area contributed by atoms with Crippen molar-refractivity contribution in [3.8, 4) is 12.3 Å². The van der Waals surface area contributed by atoms with Gasteiger partial charge in [0.15, 0.2) is 0 Å². The smallest absolute Gasteiger partial charge is 0.0929 e. The van der Waals surface area contributed by atoms with E-state index >= 15 is 0 Å². The molecule has 0 bridgehead atoms. The minimum Gasteiger partial charge on any atom is -0.387 e. The van der Waals surface area contributed by atoms with E-state index in [1.165, 1.54) is 0 Å². The Bertz CT molecular complexity index is 285. The Morgan fingerprint density at radius 3 is 3.08 bits per heavy atom. The second-order valence-corrected chi connectivity index (χ2v) is 2.55. The molecule has 0 radical (unpaired) electrons. The summed E-state index contributed by atoms with van der Waals surface area (Å²) in [5.74, 6) is 2.41. The van der Waals surface area contributed by atoms with Crippen molar-refractivity contribution < 1.29 is 5.11 Å². The molecule has 0 spiro atoms. The van der Waals surface area contributed by atoms with Crippen LogP contribution in [0.5, 0.6) is 0 Å². The summed E-state index contributed by atoms with van der Waals surface area (Å²) in [5, 5.41) is 13.5. The van der Waals surface area contributed by atoms with Crippen molar-refractivity contribution in [2.45, 2.75) is 26.0 Å². The number of aryl methyl sites for hydroxylation is 1. The molecule has 0 aliphatic heterocycles. The molecule has 1 heterocycles. The van der Waals surface area contributed by atoms with Gasteiger partial charge in [-0.2, -0.15) is 5.10 Å². The molecule has 1 aromatic heterocycles. The lowest BCUT2D eigenvalue weighted by Gasteiger charge is -2.01. The van der Waals surface area contributed by atoms with Crippen LogP contribution in [-0.2, 0) is 6.54 Å². The van der Waals surface area contributed by atoms with Crippen molar-refractivity contribution in [2.24, 2.45) is 0 Å². The minimum absolute atomic E-state index is 0.343. The van der Waals surface area contributed by atoms with E-state index in [2.05, 4.69) is 11.0 Å². The molecule has 0 aliphatic carbocycles. The molecule has 1 N–H and O–H groups in total. The number of hydrogen-bond acceptors (Lipinski definition) is 2. The number of terminal acetylenes is 1. The summed E-state index contributed by atoms with van der Waals surface area (Å²) in [6.45, 7) is 2.80. The van der Waals surface area contributed by atoms with Gasteiger partial charge in [-0.15, -0.1) is 12.3 Å². The number of hydrogen-bond donors (Lipinski definition) is 1. The topological polar surface area (TPSA) is 38.1 Å². The molecule has 64 valence electrons. The number of aliphatic hydroxyl groups is 1. The van der Waals surface area contributed by atoms with Crippen molar-refractivity contribution in [1.82, 2.24) is 9.78 Å². The average molecular weight is 164 g/mol. The van der Waals surface area contributed by atoms with E-state index in [9.17, 15) is 5.11 Å². The highest BCUT2D eigenvalue weighted by Gasteiger charge is 2.07. The van der Waals surface area contributed by atoms with Crippen LogP contribution < -0.4 is 0 Å². The summed E-state index contributed by atoms with van der Waals surface area (Å²) in [4.78, 5) is 0. The first-order valence-corrected chi connectivity index (χ1v) is 3.91. The first-order valence-electron chi connectivity index (χ1n) is 3.91. The third-order valence-electron chi connectivity index (χ3n) is 1.67.